The van der Waals surface area contributed by atoms with Gasteiger partial charge in [0.2, 0.25) is 10.0 Å². The predicted octanol–water partition coefficient (Wildman–Crippen LogP) is 3.92. The predicted molar refractivity (Wildman–Crippen MR) is 111 cm³/mol. The van der Waals surface area contributed by atoms with Gasteiger partial charge in [-0.15, -0.1) is 0 Å². The molecule has 1 fully saturated rings. The van der Waals surface area contributed by atoms with Crippen molar-refractivity contribution in [2.24, 2.45) is 0 Å². The highest BCUT2D eigenvalue weighted by molar-refractivity contribution is 9.10. The number of piperidine rings is 1. The smallest absolute Gasteiger partial charge is 0.240 e. The molecule has 0 amide bonds. The van der Waals surface area contributed by atoms with Crippen molar-refractivity contribution in [3.05, 3.63) is 58.0 Å². The molecule has 27 heavy (non-hydrogen) atoms. The van der Waals surface area contributed by atoms with Crippen molar-refractivity contribution in [2.45, 2.75) is 23.8 Å². The lowest BCUT2D eigenvalue weighted by Gasteiger charge is -2.32. The summed E-state index contributed by atoms with van der Waals surface area (Å²) in [4.78, 5) is 2.50. The van der Waals surface area contributed by atoms with E-state index in [-0.39, 0.29) is 10.9 Å². The highest BCUT2D eigenvalue weighted by atomic mass is 79.9. The zero-order chi connectivity index (χ0) is 19.3. The molecule has 0 bridgehead atoms. The second-order valence-corrected chi connectivity index (χ2v) is 9.57. The molecule has 0 aromatic heterocycles. The lowest BCUT2D eigenvalue weighted by atomic mass is 10.1. The topological polar surface area (TPSA) is 58.6 Å². The zero-order valence-corrected chi connectivity index (χ0v) is 17.9. The molecule has 0 radical (unpaired) electrons. The summed E-state index contributed by atoms with van der Waals surface area (Å²) < 4.78 is 34.5. The van der Waals surface area contributed by atoms with E-state index in [9.17, 15) is 8.42 Å². The van der Waals surface area contributed by atoms with Crippen LogP contribution in [0.3, 0.4) is 0 Å². The number of sulfonamides is 1. The monoisotopic (exact) mass is 472 g/mol. The Morgan fingerprint density at radius 1 is 1.15 bits per heavy atom. The fourth-order valence-corrected chi connectivity index (χ4v) is 5.03. The lowest BCUT2D eigenvalue weighted by Crippen LogP contribution is -2.45. The van der Waals surface area contributed by atoms with E-state index >= 15 is 0 Å². The number of hydrogen-bond donors (Lipinski definition) is 1. The molecular weight excluding hydrogens is 452 g/mol. The summed E-state index contributed by atoms with van der Waals surface area (Å²) in [5.41, 5.74) is 0. The van der Waals surface area contributed by atoms with Gasteiger partial charge in [0.15, 0.2) is 0 Å². The summed E-state index contributed by atoms with van der Waals surface area (Å²) >= 11 is 9.33. The molecule has 1 aliphatic rings. The molecule has 3 rings (SSSR count). The SMILES string of the molecule is O=S(=O)(NC1CCN(CCOc2cccc(Br)c2)CC1)c1cccc(Cl)c1. The summed E-state index contributed by atoms with van der Waals surface area (Å²) in [5.74, 6) is 0.841. The highest BCUT2D eigenvalue weighted by Gasteiger charge is 2.24. The van der Waals surface area contributed by atoms with Gasteiger partial charge in [-0.1, -0.05) is 39.7 Å². The van der Waals surface area contributed by atoms with E-state index in [1.54, 1.807) is 18.2 Å². The number of rotatable bonds is 7. The molecular formula is C19H22BrClN2O3S. The Labute approximate surface area is 173 Å². The number of hydrogen-bond acceptors (Lipinski definition) is 4. The maximum atomic E-state index is 12.5. The third kappa shape index (κ3) is 6.19. The number of nitrogens with one attached hydrogen (secondary N) is 1. The van der Waals surface area contributed by atoms with Gasteiger partial charge in [-0.3, -0.25) is 4.90 Å². The number of benzene rings is 2. The minimum absolute atomic E-state index is 0.0590. The summed E-state index contributed by atoms with van der Waals surface area (Å²) in [6.07, 6.45) is 1.55. The quantitative estimate of drug-likeness (QED) is 0.662. The minimum atomic E-state index is -3.54. The van der Waals surface area contributed by atoms with Crippen LogP contribution in [0.5, 0.6) is 5.75 Å². The van der Waals surface area contributed by atoms with Crippen LogP contribution in [-0.2, 0) is 10.0 Å². The highest BCUT2D eigenvalue weighted by Crippen LogP contribution is 2.19. The Kier molecular flexibility index (Phi) is 7.16. The molecule has 8 heteroatoms. The van der Waals surface area contributed by atoms with E-state index in [0.717, 1.165) is 42.7 Å². The standard InChI is InChI=1S/C19H22BrClN2O3S/c20-15-3-1-5-18(13-15)26-12-11-23-9-7-17(8-10-23)22-27(24,25)19-6-2-4-16(21)14-19/h1-6,13-14,17,22H,7-12H2. The molecule has 5 nitrogen and oxygen atoms in total. The molecule has 1 heterocycles. The van der Waals surface area contributed by atoms with Crippen molar-refractivity contribution in [3.63, 3.8) is 0 Å². The van der Waals surface area contributed by atoms with Crippen LogP contribution in [0.1, 0.15) is 12.8 Å². The average molecular weight is 474 g/mol. The van der Waals surface area contributed by atoms with Crippen molar-refractivity contribution >= 4 is 37.6 Å². The van der Waals surface area contributed by atoms with Crippen LogP contribution in [0, 0.1) is 0 Å². The van der Waals surface area contributed by atoms with Gasteiger partial charge in [-0.05, 0) is 62.3 Å². The van der Waals surface area contributed by atoms with E-state index in [1.807, 2.05) is 24.3 Å². The Bertz CT molecular complexity index is 871. The van der Waals surface area contributed by atoms with Crippen molar-refractivity contribution < 1.29 is 13.2 Å². The van der Waals surface area contributed by atoms with Crippen LogP contribution < -0.4 is 9.46 Å². The van der Waals surface area contributed by atoms with Crippen LogP contribution >= 0.6 is 27.5 Å². The van der Waals surface area contributed by atoms with Crippen molar-refractivity contribution in [1.29, 1.82) is 0 Å². The number of halogens is 2. The van der Waals surface area contributed by atoms with E-state index in [0.29, 0.717) is 11.6 Å². The Balaban J connectivity index is 1.43. The second-order valence-electron chi connectivity index (χ2n) is 6.50. The van der Waals surface area contributed by atoms with Crippen LogP contribution in [0.25, 0.3) is 0 Å². The van der Waals surface area contributed by atoms with Gasteiger partial charge >= 0.3 is 0 Å². The van der Waals surface area contributed by atoms with E-state index < -0.39 is 10.0 Å². The molecule has 1 saturated heterocycles. The molecule has 0 spiro atoms. The summed E-state index contributed by atoms with van der Waals surface area (Å²) in [5, 5.41) is 0.415. The molecule has 146 valence electrons. The molecule has 1 N–H and O–H groups in total. The minimum Gasteiger partial charge on any atom is -0.492 e. The summed E-state index contributed by atoms with van der Waals surface area (Å²) in [7, 11) is -3.54. The Hall–Kier alpha value is -1.12. The van der Waals surface area contributed by atoms with Crippen molar-refractivity contribution in [3.8, 4) is 5.75 Å². The van der Waals surface area contributed by atoms with E-state index in [1.165, 1.54) is 6.07 Å². The first-order chi connectivity index (χ1) is 12.9. The van der Waals surface area contributed by atoms with Gasteiger partial charge in [0.05, 0.1) is 4.90 Å². The summed E-state index contributed by atoms with van der Waals surface area (Å²) in [6, 6.07) is 14.1. The molecule has 2 aromatic carbocycles. The average Bonchev–Trinajstić information content (AvgIpc) is 2.63. The van der Waals surface area contributed by atoms with Crippen LogP contribution in [0.2, 0.25) is 5.02 Å². The van der Waals surface area contributed by atoms with Crippen molar-refractivity contribution in [1.82, 2.24) is 9.62 Å². The van der Waals surface area contributed by atoms with Crippen molar-refractivity contribution in [2.75, 3.05) is 26.2 Å². The maximum absolute atomic E-state index is 12.5. The van der Waals surface area contributed by atoms with E-state index in [2.05, 4.69) is 25.6 Å². The number of nitrogens with zero attached hydrogens (tertiary/aromatic N) is 1. The van der Waals surface area contributed by atoms with Gasteiger partial charge < -0.3 is 4.74 Å². The van der Waals surface area contributed by atoms with E-state index in [4.69, 9.17) is 16.3 Å². The van der Waals surface area contributed by atoms with Gasteiger partial charge in [0.25, 0.3) is 0 Å². The third-order valence-corrected chi connectivity index (χ3v) is 6.73. The largest absolute Gasteiger partial charge is 0.492 e. The third-order valence-electron chi connectivity index (χ3n) is 4.49. The van der Waals surface area contributed by atoms with Gasteiger partial charge in [0, 0.05) is 22.1 Å². The van der Waals surface area contributed by atoms with Crippen LogP contribution in [-0.4, -0.2) is 45.6 Å². The zero-order valence-electron chi connectivity index (χ0n) is 14.8. The number of likely N-dealkylation sites (tertiary alicyclic amines) is 1. The Morgan fingerprint density at radius 2 is 1.89 bits per heavy atom. The Morgan fingerprint density at radius 3 is 2.59 bits per heavy atom. The molecule has 1 aliphatic heterocycles. The van der Waals surface area contributed by atoms with Crippen LogP contribution in [0.4, 0.5) is 0 Å². The maximum Gasteiger partial charge on any atom is 0.240 e. The van der Waals surface area contributed by atoms with Crippen LogP contribution in [0.15, 0.2) is 57.9 Å². The van der Waals surface area contributed by atoms with Gasteiger partial charge in [-0.25, -0.2) is 13.1 Å². The molecule has 0 atom stereocenters. The molecule has 0 saturated carbocycles. The number of ether oxygens (including phenoxy) is 1. The second kappa shape index (κ2) is 9.39. The molecule has 0 unspecified atom stereocenters. The summed E-state index contributed by atoms with van der Waals surface area (Å²) in [6.45, 7) is 3.10. The molecule has 0 aliphatic carbocycles. The first-order valence-corrected chi connectivity index (χ1v) is 11.5. The first kappa shape index (κ1) is 20.6. The van der Waals surface area contributed by atoms with Gasteiger partial charge in [-0.2, -0.15) is 0 Å². The fourth-order valence-electron chi connectivity index (χ4n) is 3.05. The van der Waals surface area contributed by atoms with Gasteiger partial charge in [0.1, 0.15) is 12.4 Å². The normalized spacial score (nSPS) is 16.4. The fraction of sp³-hybridized carbons (Fsp3) is 0.368. The first-order valence-electron chi connectivity index (χ1n) is 8.81. The lowest BCUT2D eigenvalue weighted by molar-refractivity contribution is 0.170. The molecule has 2 aromatic rings.